The Morgan fingerprint density at radius 3 is 2.41 bits per heavy atom. The van der Waals surface area contributed by atoms with Gasteiger partial charge in [-0.3, -0.25) is 4.79 Å². The summed E-state index contributed by atoms with van der Waals surface area (Å²) in [6.45, 7) is 0. The van der Waals surface area contributed by atoms with Gasteiger partial charge in [0.2, 0.25) is 5.91 Å². The van der Waals surface area contributed by atoms with Crippen LogP contribution in [0.1, 0.15) is 11.3 Å². The molecular weight excluding hydrogens is 360 g/mol. The summed E-state index contributed by atoms with van der Waals surface area (Å²) in [4.78, 5) is 29.0. The summed E-state index contributed by atoms with van der Waals surface area (Å²) in [6, 6.07) is 18.6. The first-order valence-corrected chi connectivity index (χ1v) is 9.44. The Hall–Kier alpha value is -2.99. The highest BCUT2D eigenvalue weighted by Crippen LogP contribution is 2.23. The minimum Gasteiger partial charge on any atom is -0.467 e. The van der Waals surface area contributed by atoms with E-state index >= 15 is 0 Å². The lowest BCUT2D eigenvalue weighted by molar-refractivity contribution is -0.145. The number of aromatic nitrogens is 1. The maximum Gasteiger partial charge on any atom is 0.328 e. The van der Waals surface area contributed by atoms with Gasteiger partial charge in [0, 0.05) is 17.4 Å². The first kappa shape index (κ1) is 18.8. The van der Waals surface area contributed by atoms with Crippen LogP contribution in [0.5, 0.6) is 0 Å². The Morgan fingerprint density at radius 1 is 1.07 bits per heavy atom. The molecule has 1 N–H and O–H groups in total. The van der Waals surface area contributed by atoms with Gasteiger partial charge < -0.3 is 10.1 Å². The first-order valence-electron chi connectivity index (χ1n) is 8.56. The van der Waals surface area contributed by atoms with Gasteiger partial charge in [-0.15, -0.1) is 11.3 Å². The highest BCUT2D eigenvalue weighted by atomic mass is 32.1. The second-order valence-corrected chi connectivity index (χ2v) is 6.88. The molecule has 0 aliphatic carbocycles. The largest absolute Gasteiger partial charge is 0.467 e. The average Bonchev–Trinajstić information content (AvgIpc) is 3.16. The standard InChI is InChI=1S/C21H20N2O3S/c1-26-21(25)18(12-15-8-4-2-5-9-15)23-19(24)13-17-14-27-20(22-17)16-10-6-3-7-11-16/h2-11,14,18H,12-13H2,1H3,(H,23,24)/t18-/m1/s1. The minimum absolute atomic E-state index is 0.117. The van der Waals surface area contributed by atoms with Gasteiger partial charge in [-0.1, -0.05) is 60.7 Å². The van der Waals surface area contributed by atoms with E-state index in [0.717, 1.165) is 16.1 Å². The molecule has 1 atom stereocenters. The van der Waals surface area contributed by atoms with Crippen molar-refractivity contribution in [1.29, 1.82) is 0 Å². The molecule has 27 heavy (non-hydrogen) atoms. The molecule has 1 amide bonds. The van der Waals surface area contributed by atoms with E-state index in [0.29, 0.717) is 12.1 Å². The molecule has 138 valence electrons. The molecule has 5 nitrogen and oxygen atoms in total. The lowest BCUT2D eigenvalue weighted by Gasteiger charge is -2.16. The molecule has 3 aromatic rings. The number of hydrogen-bond acceptors (Lipinski definition) is 5. The predicted molar refractivity (Wildman–Crippen MR) is 105 cm³/mol. The van der Waals surface area contributed by atoms with Crippen LogP contribution in [0.15, 0.2) is 66.0 Å². The molecule has 0 fully saturated rings. The maximum atomic E-state index is 12.4. The van der Waals surface area contributed by atoms with Crippen LogP contribution in [0.25, 0.3) is 10.6 Å². The third-order valence-electron chi connectivity index (χ3n) is 4.02. The van der Waals surface area contributed by atoms with Gasteiger partial charge in [-0.05, 0) is 5.56 Å². The Labute approximate surface area is 162 Å². The smallest absolute Gasteiger partial charge is 0.328 e. The summed E-state index contributed by atoms with van der Waals surface area (Å²) >= 11 is 1.49. The number of thiazole rings is 1. The van der Waals surface area contributed by atoms with Crippen molar-refractivity contribution in [3.05, 3.63) is 77.3 Å². The van der Waals surface area contributed by atoms with Crippen LogP contribution in [0.4, 0.5) is 0 Å². The molecule has 0 spiro atoms. The van der Waals surface area contributed by atoms with Gasteiger partial charge in [0.05, 0.1) is 19.2 Å². The van der Waals surface area contributed by atoms with Crippen LogP contribution in [0.3, 0.4) is 0 Å². The number of carbonyl (C=O) groups is 2. The molecular formula is C21H20N2O3S. The minimum atomic E-state index is -0.725. The number of nitrogens with zero attached hydrogens (tertiary/aromatic N) is 1. The van der Waals surface area contributed by atoms with E-state index in [-0.39, 0.29) is 12.3 Å². The number of amides is 1. The summed E-state index contributed by atoms with van der Waals surface area (Å²) in [6.07, 6.45) is 0.497. The average molecular weight is 380 g/mol. The zero-order valence-corrected chi connectivity index (χ0v) is 15.7. The zero-order chi connectivity index (χ0) is 19.1. The second-order valence-electron chi connectivity index (χ2n) is 6.02. The molecule has 0 unspecified atom stereocenters. The van der Waals surface area contributed by atoms with Crippen LogP contribution in [-0.4, -0.2) is 30.0 Å². The van der Waals surface area contributed by atoms with Crippen molar-refractivity contribution in [2.45, 2.75) is 18.9 Å². The third-order valence-corrected chi connectivity index (χ3v) is 4.96. The highest BCUT2D eigenvalue weighted by Gasteiger charge is 2.22. The van der Waals surface area contributed by atoms with Crippen molar-refractivity contribution in [1.82, 2.24) is 10.3 Å². The van der Waals surface area contributed by atoms with Crippen LogP contribution in [-0.2, 0) is 27.2 Å². The number of esters is 1. The van der Waals surface area contributed by atoms with Crippen LogP contribution >= 0.6 is 11.3 Å². The first-order chi connectivity index (χ1) is 13.2. The lowest BCUT2D eigenvalue weighted by Crippen LogP contribution is -2.43. The molecule has 0 bridgehead atoms. The van der Waals surface area contributed by atoms with Crippen LogP contribution in [0, 0.1) is 0 Å². The fourth-order valence-corrected chi connectivity index (χ4v) is 3.52. The molecule has 0 saturated heterocycles. The van der Waals surface area contributed by atoms with Crippen LogP contribution in [0.2, 0.25) is 0 Å². The normalized spacial score (nSPS) is 11.6. The molecule has 0 saturated carbocycles. The van der Waals surface area contributed by atoms with E-state index in [1.165, 1.54) is 18.4 Å². The van der Waals surface area contributed by atoms with E-state index in [2.05, 4.69) is 10.3 Å². The fraction of sp³-hybridized carbons (Fsp3) is 0.190. The van der Waals surface area contributed by atoms with Crippen molar-refractivity contribution in [2.24, 2.45) is 0 Å². The molecule has 0 aliphatic rings. The fourth-order valence-electron chi connectivity index (χ4n) is 2.70. The predicted octanol–water partition coefficient (Wildman–Crippen LogP) is 3.25. The molecule has 1 heterocycles. The Morgan fingerprint density at radius 2 is 1.74 bits per heavy atom. The van der Waals surface area contributed by atoms with Crippen LogP contribution < -0.4 is 5.32 Å². The van der Waals surface area contributed by atoms with Gasteiger partial charge in [-0.2, -0.15) is 0 Å². The summed E-state index contributed by atoms with van der Waals surface area (Å²) < 4.78 is 4.83. The number of methoxy groups -OCH3 is 1. The van der Waals surface area contributed by atoms with E-state index < -0.39 is 12.0 Å². The van der Waals surface area contributed by atoms with Crippen molar-refractivity contribution in [3.8, 4) is 10.6 Å². The SMILES string of the molecule is COC(=O)[C@@H](Cc1ccccc1)NC(=O)Cc1csc(-c2ccccc2)n1. The van der Waals surface area contributed by atoms with Gasteiger partial charge in [0.1, 0.15) is 11.0 Å². The van der Waals surface area contributed by atoms with Gasteiger partial charge in [0.15, 0.2) is 0 Å². The van der Waals surface area contributed by atoms with E-state index in [1.54, 1.807) is 0 Å². The van der Waals surface area contributed by atoms with Gasteiger partial charge in [-0.25, -0.2) is 9.78 Å². The van der Waals surface area contributed by atoms with E-state index in [1.807, 2.05) is 66.0 Å². The molecule has 2 aromatic carbocycles. The van der Waals surface area contributed by atoms with Gasteiger partial charge >= 0.3 is 5.97 Å². The number of benzene rings is 2. The number of nitrogens with one attached hydrogen (secondary N) is 1. The maximum absolute atomic E-state index is 12.4. The van der Waals surface area contributed by atoms with Crippen molar-refractivity contribution in [3.63, 3.8) is 0 Å². The Balaban J connectivity index is 1.64. The quantitative estimate of drug-likeness (QED) is 0.639. The molecule has 6 heteroatoms. The lowest BCUT2D eigenvalue weighted by atomic mass is 10.1. The summed E-state index contributed by atoms with van der Waals surface area (Å²) in [5.74, 6) is -0.721. The molecule has 0 radical (unpaired) electrons. The third kappa shape index (κ3) is 5.24. The van der Waals surface area contributed by atoms with Crippen molar-refractivity contribution >= 4 is 23.2 Å². The number of ether oxygens (including phenoxy) is 1. The number of carbonyl (C=O) groups excluding carboxylic acids is 2. The van der Waals surface area contributed by atoms with Crippen molar-refractivity contribution in [2.75, 3.05) is 7.11 Å². The topological polar surface area (TPSA) is 68.3 Å². The molecule has 0 aliphatic heterocycles. The van der Waals surface area contributed by atoms with E-state index in [4.69, 9.17) is 4.74 Å². The van der Waals surface area contributed by atoms with Crippen molar-refractivity contribution < 1.29 is 14.3 Å². The number of rotatable bonds is 7. The monoisotopic (exact) mass is 380 g/mol. The Kier molecular flexibility index (Phi) is 6.33. The molecule has 1 aromatic heterocycles. The zero-order valence-electron chi connectivity index (χ0n) is 14.9. The second kappa shape index (κ2) is 9.09. The van der Waals surface area contributed by atoms with E-state index in [9.17, 15) is 9.59 Å². The van der Waals surface area contributed by atoms with Gasteiger partial charge in [0.25, 0.3) is 0 Å². The number of hydrogen-bond donors (Lipinski definition) is 1. The molecule has 3 rings (SSSR count). The highest BCUT2D eigenvalue weighted by molar-refractivity contribution is 7.13. The summed E-state index contributed by atoms with van der Waals surface area (Å²) in [5, 5.41) is 5.50. The summed E-state index contributed by atoms with van der Waals surface area (Å²) in [5.41, 5.74) is 2.65. The summed E-state index contributed by atoms with van der Waals surface area (Å²) in [7, 11) is 1.32. The Bertz CT molecular complexity index is 894.